The molecular weight excluding hydrogens is 259 g/mol. The van der Waals surface area contributed by atoms with E-state index in [0.717, 1.165) is 0 Å². The van der Waals surface area contributed by atoms with E-state index in [1.54, 1.807) is 17.1 Å². The Labute approximate surface area is 110 Å². The van der Waals surface area contributed by atoms with E-state index in [4.69, 9.17) is 23.2 Å². The molecule has 0 aliphatic heterocycles. The molecule has 17 heavy (non-hydrogen) atoms. The van der Waals surface area contributed by atoms with Crippen molar-refractivity contribution in [1.29, 1.82) is 0 Å². The topological polar surface area (TPSA) is 33.2 Å². The van der Waals surface area contributed by atoms with Crippen LogP contribution in [-0.2, 0) is 0 Å². The zero-order chi connectivity index (χ0) is 12.8. The lowest BCUT2D eigenvalue weighted by Gasteiger charge is -2.19. The Kier molecular flexibility index (Phi) is 5.19. The summed E-state index contributed by atoms with van der Waals surface area (Å²) in [5.41, 5.74) is 0.392. The molecule has 0 spiro atoms. The van der Waals surface area contributed by atoms with E-state index < -0.39 is 0 Å². The van der Waals surface area contributed by atoms with Crippen LogP contribution in [0, 0.1) is 0 Å². The first-order chi connectivity index (χ1) is 8.10. The molecule has 0 unspecified atom stereocenters. The van der Waals surface area contributed by atoms with Gasteiger partial charge in [-0.1, -0.05) is 35.4 Å². The van der Waals surface area contributed by atoms with Crippen molar-refractivity contribution in [3.05, 3.63) is 53.3 Å². The number of hydrogen-bond donors (Lipinski definition) is 0. The number of aromatic nitrogens is 1. The number of nitrogens with zero attached hydrogens (tertiary/aromatic N) is 2. The van der Waals surface area contributed by atoms with E-state index in [0.29, 0.717) is 18.7 Å². The van der Waals surface area contributed by atoms with Gasteiger partial charge in [-0.3, -0.25) is 4.79 Å². The van der Waals surface area contributed by atoms with Crippen molar-refractivity contribution in [3.8, 4) is 0 Å². The normalized spacial score (nSPS) is 9.76. The average Bonchev–Trinajstić information content (AvgIpc) is 2.31. The lowest BCUT2D eigenvalue weighted by Crippen LogP contribution is -2.31. The third-order valence-electron chi connectivity index (χ3n) is 2.03. The van der Waals surface area contributed by atoms with Crippen LogP contribution in [0.2, 0.25) is 10.2 Å². The third kappa shape index (κ3) is 3.58. The third-order valence-corrected chi connectivity index (χ3v) is 2.72. The lowest BCUT2D eigenvalue weighted by molar-refractivity contribution is 0.0790. The maximum absolute atomic E-state index is 12.1. The number of pyridine rings is 1. The Bertz CT molecular complexity index is 436. The van der Waals surface area contributed by atoms with Crippen LogP contribution in [-0.4, -0.2) is 28.9 Å². The Morgan fingerprint density at radius 3 is 2.41 bits per heavy atom. The predicted octanol–water partition coefficient (Wildman–Crippen LogP) is 3.20. The molecule has 1 amide bonds. The quantitative estimate of drug-likeness (QED) is 0.608. The fraction of sp³-hybridized carbons (Fsp3) is 0.167. The van der Waals surface area contributed by atoms with Gasteiger partial charge in [-0.15, -0.1) is 13.2 Å². The van der Waals surface area contributed by atoms with Crippen LogP contribution in [0.3, 0.4) is 0 Å². The smallest absolute Gasteiger partial charge is 0.256 e. The maximum atomic E-state index is 12.1. The maximum Gasteiger partial charge on any atom is 0.256 e. The second-order valence-electron chi connectivity index (χ2n) is 3.28. The number of amides is 1. The fourth-order valence-corrected chi connectivity index (χ4v) is 1.54. The SMILES string of the molecule is C=CCN(CC=C)C(=O)c1cnc(Cl)c(Cl)c1. The van der Waals surface area contributed by atoms with E-state index >= 15 is 0 Å². The van der Waals surface area contributed by atoms with Gasteiger partial charge < -0.3 is 4.90 Å². The molecule has 0 aromatic carbocycles. The van der Waals surface area contributed by atoms with Crippen molar-refractivity contribution in [2.45, 2.75) is 0 Å². The predicted molar refractivity (Wildman–Crippen MR) is 70.6 cm³/mol. The molecule has 0 bridgehead atoms. The van der Waals surface area contributed by atoms with Gasteiger partial charge in [-0.2, -0.15) is 0 Å². The van der Waals surface area contributed by atoms with Crippen molar-refractivity contribution in [2.24, 2.45) is 0 Å². The highest BCUT2D eigenvalue weighted by Crippen LogP contribution is 2.20. The fourth-order valence-electron chi connectivity index (χ4n) is 1.27. The molecular formula is C12H12Cl2N2O. The second-order valence-corrected chi connectivity index (χ2v) is 4.05. The van der Waals surface area contributed by atoms with Gasteiger partial charge >= 0.3 is 0 Å². The van der Waals surface area contributed by atoms with E-state index in [-0.39, 0.29) is 16.1 Å². The highest BCUT2D eigenvalue weighted by Gasteiger charge is 2.15. The van der Waals surface area contributed by atoms with Gasteiger partial charge in [-0.25, -0.2) is 4.98 Å². The van der Waals surface area contributed by atoms with Crippen molar-refractivity contribution >= 4 is 29.1 Å². The van der Waals surface area contributed by atoms with Crippen molar-refractivity contribution in [1.82, 2.24) is 9.88 Å². The minimum Gasteiger partial charge on any atom is -0.331 e. The lowest BCUT2D eigenvalue weighted by atomic mass is 10.2. The molecule has 90 valence electrons. The van der Waals surface area contributed by atoms with Crippen LogP contribution in [0.1, 0.15) is 10.4 Å². The minimum absolute atomic E-state index is 0.183. The minimum atomic E-state index is -0.184. The largest absolute Gasteiger partial charge is 0.331 e. The van der Waals surface area contributed by atoms with Crippen LogP contribution in [0.25, 0.3) is 0 Å². The molecule has 3 nitrogen and oxygen atoms in total. The van der Waals surface area contributed by atoms with Gasteiger partial charge in [0.2, 0.25) is 0 Å². The summed E-state index contributed by atoms with van der Waals surface area (Å²) in [6.45, 7) is 8.07. The molecule has 0 fully saturated rings. The van der Waals surface area contributed by atoms with Gasteiger partial charge in [-0.05, 0) is 6.07 Å². The zero-order valence-corrected chi connectivity index (χ0v) is 10.7. The molecule has 0 saturated heterocycles. The van der Waals surface area contributed by atoms with E-state index in [9.17, 15) is 4.79 Å². The molecule has 0 saturated carbocycles. The summed E-state index contributed by atoms with van der Waals surface area (Å²) < 4.78 is 0. The molecule has 0 atom stereocenters. The summed E-state index contributed by atoms with van der Waals surface area (Å²) in [5, 5.41) is 0.442. The first-order valence-corrected chi connectivity index (χ1v) is 5.67. The van der Waals surface area contributed by atoms with Gasteiger partial charge in [0.15, 0.2) is 0 Å². The van der Waals surface area contributed by atoms with Gasteiger partial charge in [0.05, 0.1) is 10.6 Å². The molecule has 0 aliphatic rings. The molecule has 0 N–H and O–H groups in total. The first kappa shape index (κ1) is 13.7. The average molecular weight is 271 g/mol. The van der Waals surface area contributed by atoms with E-state index in [1.807, 2.05) is 0 Å². The highest BCUT2D eigenvalue weighted by molar-refractivity contribution is 6.41. The van der Waals surface area contributed by atoms with E-state index in [1.165, 1.54) is 12.3 Å². The number of hydrogen-bond acceptors (Lipinski definition) is 2. The Balaban J connectivity index is 2.95. The zero-order valence-electron chi connectivity index (χ0n) is 9.20. The summed E-state index contributed by atoms with van der Waals surface area (Å²) >= 11 is 11.5. The van der Waals surface area contributed by atoms with Gasteiger partial charge in [0, 0.05) is 19.3 Å². The van der Waals surface area contributed by atoms with Crippen LogP contribution >= 0.6 is 23.2 Å². The number of halogens is 2. The summed E-state index contributed by atoms with van der Waals surface area (Å²) in [4.78, 5) is 17.5. The Hall–Kier alpha value is -1.32. The second kappa shape index (κ2) is 6.42. The van der Waals surface area contributed by atoms with Crippen LogP contribution in [0.4, 0.5) is 0 Å². The van der Waals surface area contributed by atoms with Crippen molar-refractivity contribution < 1.29 is 4.79 Å². The molecule has 1 aromatic heterocycles. The van der Waals surface area contributed by atoms with Crippen molar-refractivity contribution in [2.75, 3.05) is 13.1 Å². The Morgan fingerprint density at radius 1 is 1.35 bits per heavy atom. The monoisotopic (exact) mass is 270 g/mol. The first-order valence-electron chi connectivity index (χ1n) is 4.92. The summed E-state index contributed by atoms with van der Waals surface area (Å²) in [5.74, 6) is -0.184. The van der Waals surface area contributed by atoms with Crippen molar-refractivity contribution in [3.63, 3.8) is 0 Å². The van der Waals surface area contributed by atoms with Crippen LogP contribution in [0.5, 0.6) is 0 Å². The number of rotatable bonds is 5. The Morgan fingerprint density at radius 2 is 1.94 bits per heavy atom. The molecule has 1 heterocycles. The number of carbonyl (C=O) groups excluding carboxylic acids is 1. The molecule has 1 aromatic rings. The molecule has 0 aliphatic carbocycles. The highest BCUT2D eigenvalue weighted by atomic mass is 35.5. The van der Waals surface area contributed by atoms with Gasteiger partial charge in [0.1, 0.15) is 5.15 Å². The molecule has 5 heteroatoms. The summed E-state index contributed by atoms with van der Waals surface area (Å²) in [6.07, 6.45) is 4.69. The van der Waals surface area contributed by atoms with Crippen LogP contribution < -0.4 is 0 Å². The summed E-state index contributed by atoms with van der Waals surface area (Å²) in [7, 11) is 0. The summed E-state index contributed by atoms with van der Waals surface area (Å²) in [6, 6.07) is 1.50. The van der Waals surface area contributed by atoms with Gasteiger partial charge in [0.25, 0.3) is 5.91 Å². The molecule has 0 radical (unpaired) electrons. The standard InChI is InChI=1S/C12H12Cl2N2O/c1-3-5-16(6-4-2)12(17)9-7-10(13)11(14)15-8-9/h3-4,7-8H,1-2,5-6H2. The molecule has 1 rings (SSSR count). The van der Waals surface area contributed by atoms with Crippen LogP contribution in [0.15, 0.2) is 37.6 Å². The van der Waals surface area contributed by atoms with E-state index in [2.05, 4.69) is 18.1 Å². The number of carbonyl (C=O) groups is 1.